The standard InChI is InChI=1S/C22H24N4O2S/c23-14-8-3-9-15-29(27,28)24-16-21-18-26(17-19-10-4-1-5-11-19)25-22(21)20-12-6-2-7-13-20/h1-2,4-7,10-13,18,24H,3,8-9,15-17H2. The topological polar surface area (TPSA) is 87.8 Å². The molecule has 3 aromatic rings. The molecule has 2 aromatic carbocycles. The quantitative estimate of drug-likeness (QED) is 0.518. The Morgan fingerprint density at radius 1 is 1.00 bits per heavy atom. The van der Waals surface area contributed by atoms with E-state index in [-0.39, 0.29) is 12.3 Å². The van der Waals surface area contributed by atoms with E-state index in [0.717, 1.165) is 22.4 Å². The van der Waals surface area contributed by atoms with Gasteiger partial charge in [-0.2, -0.15) is 10.4 Å². The second kappa shape index (κ2) is 10.0. The van der Waals surface area contributed by atoms with Crippen molar-refractivity contribution in [2.24, 2.45) is 0 Å². The van der Waals surface area contributed by atoms with Gasteiger partial charge in [-0.1, -0.05) is 60.7 Å². The summed E-state index contributed by atoms with van der Waals surface area (Å²) in [5.41, 5.74) is 3.67. The highest BCUT2D eigenvalue weighted by Gasteiger charge is 2.15. The fourth-order valence-corrected chi connectivity index (χ4v) is 4.14. The molecule has 150 valence electrons. The number of rotatable bonds is 10. The molecule has 0 bridgehead atoms. The van der Waals surface area contributed by atoms with Crippen molar-refractivity contribution in [3.63, 3.8) is 0 Å². The molecule has 3 rings (SSSR count). The van der Waals surface area contributed by atoms with Crippen LogP contribution >= 0.6 is 0 Å². The van der Waals surface area contributed by atoms with Crippen molar-refractivity contribution >= 4 is 10.0 Å². The van der Waals surface area contributed by atoms with E-state index in [2.05, 4.69) is 4.72 Å². The lowest BCUT2D eigenvalue weighted by molar-refractivity contribution is 0.577. The summed E-state index contributed by atoms with van der Waals surface area (Å²) in [6.45, 7) is 0.793. The van der Waals surface area contributed by atoms with Gasteiger partial charge in [0.2, 0.25) is 10.0 Å². The van der Waals surface area contributed by atoms with Gasteiger partial charge < -0.3 is 0 Å². The van der Waals surface area contributed by atoms with Crippen LogP contribution in [0.2, 0.25) is 0 Å². The molecule has 0 amide bonds. The highest BCUT2D eigenvalue weighted by molar-refractivity contribution is 7.89. The third-order valence-electron chi connectivity index (χ3n) is 4.51. The van der Waals surface area contributed by atoms with Gasteiger partial charge in [0.05, 0.1) is 24.1 Å². The smallest absolute Gasteiger partial charge is 0.211 e. The van der Waals surface area contributed by atoms with Gasteiger partial charge in [0.15, 0.2) is 0 Å². The number of aromatic nitrogens is 2. The molecule has 7 heteroatoms. The van der Waals surface area contributed by atoms with Gasteiger partial charge in [-0.25, -0.2) is 13.1 Å². The van der Waals surface area contributed by atoms with Crippen LogP contribution in [0.4, 0.5) is 0 Å². The number of benzene rings is 2. The molecule has 0 fully saturated rings. The van der Waals surface area contributed by atoms with E-state index in [9.17, 15) is 8.42 Å². The molecule has 0 spiro atoms. The summed E-state index contributed by atoms with van der Waals surface area (Å²) in [6, 6.07) is 21.8. The molecule has 0 aliphatic rings. The molecule has 1 N–H and O–H groups in total. The zero-order valence-electron chi connectivity index (χ0n) is 16.2. The van der Waals surface area contributed by atoms with Gasteiger partial charge in [0, 0.05) is 30.3 Å². The van der Waals surface area contributed by atoms with Crippen LogP contribution in [0.3, 0.4) is 0 Å². The van der Waals surface area contributed by atoms with E-state index >= 15 is 0 Å². The van der Waals surface area contributed by atoms with Crippen LogP contribution in [-0.2, 0) is 23.1 Å². The van der Waals surface area contributed by atoms with E-state index in [1.165, 1.54) is 0 Å². The van der Waals surface area contributed by atoms with Crippen LogP contribution in [0, 0.1) is 11.3 Å². The number of nitriles is 1. The number of sulfonamides is 1. The van der Waals surface area contributed by atoms with E-state index in [4.69, 9.17) is 10.4 Å². The van der Waals surface area contributed by atoms with Gasteiger partial charge in [-0.05, 0) is 18.4 Å². The van der Waals surface area contributed by atoms with E-state index in [1.807, 2.05) is 77.6 Å². The van der Waals surface area contributed by atoms with Gasteiger partial charge in [0.1, 0.15) is 0 Å². The first-order valence-corrected chi connectivity index (χ1v) is 11.2. The number of nitrogens with one attached hydrogen (secondary N) is 1. The van der Waals surface area contributed by atoms with Crippen molar-refractivity contribution in [2.45, 2.75) is 32.4 Å². The third-order valence-corrected chi connectivity index (χ3v) is 5.92. The molecule has 0 aliphatic heterocycles. The predicted molar refractivity (Wildman–Crippen MR) is 113 cm³/mol. The van der Waals surface area contributed by atoms with Crippen LogP contribution in [-0.4, -0.2) is 24.0 Å². The summed E-state index contributed by atoms with van der Waals surface area (Å²) in [6.07, 6.45) is 3.33. The maximum Gasteiger partial charge on any atom is 0.211 e. The summed E-state index contributed by atoms with van der Waals surface area (Å²) >= 11 is 0. The average molecular weight is 409 g/mol. The van der Waals surface area contributed by atoms with E-state index in [0.29, 0.717) is 25.8 Å². The minimum atomic E-state index is -3.41. The SMILES string of the molecule is N#CCCCCS(=O)(=O)NCc1cn(Cc2ccccc2)nc1-c1ccccc1. The molecule has 1 heterocycles. The molecule has 29 heavy (non-hydrogen) atoms. The second-order valence-corrected chi connectivity index (χ2v) is 8.73. The molecule has 0 aliphatic carbocycles. The Morgan fingerprint density at radius 3 is 2.38 bits per heavy atom. The molecule has 1 aromatic heterocycles. The van der Waals surface area contributed by atoms with Crippen molar-refractivity contribution in [2.75, 3.05) is 5.75 Å². The van der Waals surface area contributed by atoms with Crippen LogP contribution in [0.25, 0.3) is 11.3 Å². The van der Waals surface area contributed by atoms with Crippen molar-refractivity contribution in [1.29, 1.82) is 5.26 Å². The maximum atomic E-state index is 12.3. The molecule has 0 unspecified atom stereocenters. The van der Waals surface area contributed by atoms with Crippen LogP contribution < -0.4 is 4.72 Å². The molecule has 0 atom stereocenters. The van der Waals surface area contributed by atoms with Crippen LogP contribution in [0.1, 0.15) is 30.4 Å². The predicted octanol–water partition coefficient (Wildman–Crippen LogP) is 3.71. The van der Waals surface area contributed by atoms with Crippen molar-refractivity contribution in [3.05, 3.63) is 78.0 Å². The van der Waals surface area contributed by atoms with E-state index < -0.39 is 10.0 Å². The van der Waals surface area contributed by atoms with Crippen LogP contribution in [0.15, 0.2) is 66.9 Å². The number of hydrogen-bond acceptors (Lipinski definition) is 4. The van der Waals surface area contributed by atoms with Crippen molar-refractivity contribution in [3.8, 4) is 17.3 Å². The summed E-state index contributed by atoms with van der Waals surface area (Å²) in [5, 5.41) is 13.3. The van der Waals surface area contributed by atoms with Crippen molar-refractivity contribution in [1.82, 2.24) is 14.5 Å². The van der Waals surface area contributed by atoms with Gasteiger partial charge >= 0.3 is 0 Å². The minimum Gasteiger partial charge on any atom is -0.267 e. The first kappa shape index (κ1) is 20.8. The van der Waals surface area contributed by atoms with E-state index in [1.54, 1.807) is 0 Å². The second-order valence-electron chi connectivity index (χ2n) is 6.81. The van der Waals surface area contributed by atoms with Gasteiger partial charge in [-0.15, -0.1) is 0 Å². The average Bonchev–Trinajstić information content (AvgIpc) is 3.14. The molecular formula is C22H24N4O2S. The molecule has 0 saturated heterocycles. The summed E-state index contributed by atoms with van der Waals surface area (Å²) in [7, 11) is -3.41. The first-order chi connectivity index (χ1) is 14.1. The fourth-order valence-electron chi connectivity index (χ4n) is 3.04. The van der Waals surface area contributed by atoms with Crippen LogP contribution in [0.5, 0.6) is 0 Å². The number of hydrogen-bond donors (Lipinski definition) is 1. The lowest BCUT2D eigenvalue weighted by atomic mass is 10.1. The van der Waals surface area contributed by atoms with Gasteiger partial charge in [-0.3, -0.25) is 4.68 Å². The zero-order chi connectivity index (χ0) is 20.5. The molecular weight excluding hydrogens is 384 g/mol. The highest BCUT2D eigenvalue weighted by atomic mass is 32.2. The minimum absolute atomic E-state index is 0.0213. The Hall–Kier alpha value is -2.95. The Bertz CT molecular complexity index is 1060. The fraction of sp³-hybridized carbons (Fsp3) is 0.273. The Balaban J connectivity index is 1.76. The Labute approximate surface area is 171 Å². The first-order valence-electron chi connectivity index (χ1n) is 9.57. The Morgan fingerprint density at radius 2 is 1.69 bits per heavy atom. The maximum absolute atomic E-state index is 12.3. The molecule has 0 radical (unpaired) electrons. The molecule has 0 saturated carbocycles. The number of nitrogens with zero attached hydrogens (tertiary/aromatic N) is 3. The lowest BCUT2D eigenvalue weighted by Crippen LogP contribution is -2.26. The third kappa shape index (κ3) is 6.28. The summed E-state index contributed by atoms with van der Waals surface area (Å²) in [5.74, 6) is 0.0213. The normalized spacial score (nSPS) is 11.3. The Kier molecular flexibility index (Phi) is 7.17. The summed E-state index contributed by atoms with van der Waals surface area (Å²) in [4.78, 5) is 0. The van der Waals surface area contributed by atoms with Crippen molar-refractivity contribution < 1.29 is 8.42 Å². The van der Waals surface area contributed by atoms with Gasteiger partial charge in [0.25, 0.3) is 0 Å². The lowest BCUT2D eigenvalue weighted by Gasteiger charge is -2.06. The monoisotopic (exact) mass is 408 g/mol. The largest absolute Gasteiger partial charge is 0.267 e. The number of unbranched alkanes of at least 4 members (excludes halogenated alkanes) is 2. The zero-order valence-corrected chi connectivity index (χ0v) is 17.0. The summed E-state index contributed by atoms with van der Waals surface area (Å²) < 4.78 is 29.1. The highest BCUT2D eigenvalue weighted by Crippen LogP contribution is 2.22. The molecule has 6 nitrogen and oxygen atoms in total.